The number of nitrogens with zero attached hydrogens (tertiary/aromatic N) is 3. The third-order valence-corrected chi connectivity index (χ3v) is 5.99. The molecule has 0 unspecified atom stereocenters. The predicted octanol–water partition coefficient (Wildman–Crippen LogP) is 4.69. The summed E-state index contributed by atoms with van der Waals surface area (Å²) in [5.41, 5.74) is 4.40. The zero-order valence-corrected chi connectivity index (χ0v) is 21.4. The molecule has 35 heavy (non-hydrogen) atoms. The van der Waals surface area contributed by atoms with E-state index in [-0.39, 0.29) is 5.57 Å². The maximum absolute atomic E-state index is 13.2. The van der Waals surface area contributed by atoms with Crippen molar-refractivity contribution in [2.24, 2.45) is 0 Å². The minimum Gasteiger partial charge on any atom is -0.492 e. The Labute approximate surface area is 208 Å². The number of amides is 1. The number of rotatable bonds is 10. The molecule has 1 N–H and O–H groups in total. The van der Waals surface area contributed by atoms with Crippen LogP contribution in [0.1, 0.15) is 44.1 Å². The summed E-state index contributed by atoms with van der Waals surface area (Å²) in [6.07, 6.45) is 2.66. The van der Waals surface area contributed by atoms with Crippen LogP contribution in [-0.4, -0.2) is 50.0 Å². The van der Waals surface area contributed by atoms with Gasteiger partial charge >= 0.3 is 0 Å². The maximum Gasteiger partial charge on any atom is 0.266 e. The summed E-state index contributed by atoms with van der Waals surface area (Å²) in [4.78, 5) is 15.3. The third kappa shape index (κ3) is 6.17. The zero-order chi connectivity index (χ0) is 25.4. The number of hydrogen-bond donors (Lipinski definition) is 1. The maximum atomic E-state index is 13.2. The Hall–Kier alpha value is -3.44. The number of aryl methyl sites for hydroxylation is 1. The first kappa shape index (κ1) is 26.2. The van der Waals surface area contributed by atoms with E-state index >= 15 is 0 Å². The van der Waals surface area contributed by atoms with Crippen molar-refractivity contribution in [1.82, 2.24) is 4.57 Å². The molecule has 0 saturated carbocycles. The molecule has 1 aromatic heterocycles. The molecule has 1 aliphatic rings. The summed E-state index contributed by atoms with van der Waals surface area (Å²) >= 11 is 0. The normalized spacial score (nSPS) is 13.9. The van der Waals surface area contributed by atoms with Gasteiger partial charge in [0.25, 0.3) is 5.91 Å². The molecular weight excluding hydrogens is 444 g/mol. The number of anilines is 2. The summed E-state index contributed by atoms with van der Waals surface area (Å²) in [5, 5.41) is 12.6. The molecule has 2 heterocycles. The average molecular weight is 481 g/mol. The molecule has 3 rings (SSSR count). The van der Waals surface area contributed by atoms with Gasteiger partial charge < -0.3 is 29.0 Å². The lowest BCUT2D eigenvalue weighted by Crippen LogP contribution is -2.36. The summed E-state index contributed by atoms with van der Waals surface area (Å²) in [5.74, 6) is 0.693. The van der Waals surface area contributed by atoms with E-state index < -0.39 is 5.91 Å². The lowest BCUT2D eigenvalue weighted by molar-refractivity contribution is -0.112. The van der Waals surface area contributed by atoms with Gasteiger partial charge in [-0.25, -0.2) is 0 Å². The first-order chi connectivity index (χ1) is 16.9. The number of nitrogens with one attached hydrogen (secondary N) is 1. The third-order valence-electron chi connectivity index (χ3n) is 5.99. The summed E-state index contributed by atoms with van der Waals surface area (Å²) in [6.45, 7) is 14.6. The Morgan fingerprint density at radius 2 is 1.80 bits per heavy atom. The molecule has 1 aliphatic heterocycles. The summed E-state index contributed by atoms with van der Waals surface area (Å²) in [6, 6.07) is 7.73. The standard InChI is InChI=1S/C27H36N4O4/c1-6-9-31-19(4)14-21(20(31)5)15-22(18-28)27(32)29-23-16-26(35-8-3)24(17-25(23)34-7-2)30-10-12-33-13-11-30/h14-17H,6-13H2,1-5H3,(H,29,32). The number of aromatic nitrogens is 1. The van der Waals surface area contributed by atoms with Crippen LogP contribution in [0, 0.1) is 25.2 Å². The smallest absolute Gasteiger partial charge is 0.266 e. The fourth-order valence-corrected chi connectivity index (χ4v) is 4.28. The van der Waals surface area contributed by atoms with Crippen molar-refractivity contribution in [2.75, 3.05) is 49.7 Å². The van der Waals surface area contributed by atoms with Gasteiger partial charge in [0.2, 0.25) is 0 Å². The van der Waals surface area contributed by atoms with E-state index in [1.807, 2.05) is 39.8 Å². The van der Waals surface area contributed by atoms with Crippen LogP contribution in [0.3, 0.4) is 0 Å². The molecule has 1 aromatic carbocycles. The molecule has 2 aromatic rings. The number of ether oxygens (including phenoxy) is 3. The number of carbonyl (C=O) groups excluding carboxylic acids is 1. The van der Waals surface area contributed by atoms with Gasteiger partial charge in [0.05, 0.1) is 37.8 Å². The fraction of sp³-hybridized carbons (Fsp3) is 0.481. The van der Waals surface area contributed by atoms with Crippen LogP contribution in [0.4, 0.5) is 11.4 Å². The number of hydrogen-bond acceptors (Lipinski definition) is 6. The van der Waals surface area contributed by atoms with Crippen molar-refractivity contribution in [1.29, 1.82) is 5.26 Å². The molecule has 8 nitrogen and oxygen atoms in total. The molecule has 0 bridgehead atoms. The Morgan fingerprint density at radius 1 is 1.11 bits per heavy atom. The lowest BCUT2D eigenvalue weighted by Gasteiger charge is -2.31. The van der Waals surface area contributed by atoms with Crippen LogP contribution in [0.5, 0.6) is 11.5 Å². The highest BCUT2D eigenvalue weighted by molar-refractivity contribution is 6.10. The van der Waals surface area contributed by atoms with Crippen molar-refractivity contribution in [3.05, 3.63) is 40.7 Å². The van der Waals surface area contributed by atoms with E-state index in [1.165, 1.54) is 0 Å². The quantitative estimate of drug-likeness (QED) is 0.392. The second-order valence-electron chi connectivity index (χ2n) is 8.38. The van der Waals surface area contributed by atoms with Gasteiger partial charge in [-0.05, 0) is 51.8 Å². The van der Waals surface area contributed by atoms with E-state index in [2.05, 4.69) is 27.8 Å². The lowest BCUT2D eigenvalue weighted by atomic mass is 10.1. The highest BCUT2D eigenvalue weighted by Crippen LogP contribution is 2.39. The van der Waals surface area contributed by atoms with Crippen LogP contribution >= 0.6 is 0 Å². The Balaban J connectivity index is 1.94. The van der Waals surface area contributed by atoms with Gasteiger partial charge in [-0.3, -0.25) is 4.79 Å². The van der Waals surface area contributed by atoms with Crippen molar-refractivity contribution in [2.45, 2.75) is 47.6 Å². The second kappa shape index (κ2) is 12.3. The zero-order valence-electron chi connectivity index (χ0n) is 21.4. The van der Waals surface area contributed by atoms with Crippen LogP contribution in [0.2, 0.25) is 0 Å². The van der Waals surface area contributed by atoms with Gasteiger partial charge in [-0.1, -0.05) is 6.92 Å². The van der Waals surface area contributed by atoms with Gasteiger partial charge in [-0.15, -0.1) is 0 Å². The monoisotopic (exact) mass is 480 g/mol. The minimum atomic E-state index is -0.490. The Bertz CT molecular complexity index is 1110. The van der Waals surface area contributed by atoms with E-state index in [1.54, 1.807) is 12.1 Å². The molecule has 0 spiro atoms. The highest BCUT2D eigenvalue weighted by Gasteiger charge is 2.21. The Morgan fingerprint density at radius 3 is 2.43 bits per heavy atom. The average Bonchev–Trinajstić information content (AvgIpc) is 3.12. The van der Waals surface area contributed by atoms with E-state index in [0.29, 0.717) is 43.6 Å². The highest BCUT2D eigenvalue weighted by atomic mass is 16.5. The number of nitriles is 1. The fourth-order valence-electron chi connectivity index (χ4n) is 4.28. The van der Waals surface area contributed by atoms with Crippen molar-refractivity contribution in [3.63, 3.8) is 0 Å². The predicted molar refractivity (Wildman–Crippen MR) is 138 cm³/mol. The SMILES string of the molecule is CCCn1c(C)cc(C=C(C#N)C(=O)Nc2cc(OCC)c(N3CCOCC3)cc2OCC)c1C. The van der Waals surface area contributed by atoms with Gasteiger partial charge in [0.1, 0.15) is 23.1 Å². The molecule has 0 atom stereocenters. The van der Waals surface area contributed by atoms with E-state index in [9.17, 15) is 10.1 Å². The Kier molecular flexibility index (Phi) is 9.21. The van der Waals surface area contributed by atoms with Crippen molar-refractivity contribution >= 4 is 23.4 Å². The van der Waals surface area contributed by atoms with Gasteiger partial charge in [0.15, 0.2) is 0 Å². The van der Waals surface area contributed by atoms with Crippen molar-refractivity contribution < 1.29 is 19.0 Å². The first-order valence-electron chi connectivity index (χ1n) is 12.3. The topological polar surface area (TPSA) is 88.8 Å². The van der Waals surface area contributed by atoms with Gasteiger partial charge in [-0.2, -0.15) is 5.26 Å². The molecule has 188 valence electrons. The molecule has 0 radical (unpaired) electrons. The molecule has 1 amide bonds. The second-order valence-corrected chi connectivity index (χ2v) is 8.38. The summed E-state index contributed by atoms with van der Waals surface area (Å²) in [7, 11) is 0. The first-order valence-corrected chi connectivity index (χ1v) is 12.3. The van der Waals surface area contributed by atoms with Crippen LogP contribution in [-0.2, 0) is 16.1 Å². The summed E-state index contributed by atoms with van der Waals surface area (Å²) < 4.78 is 19.5. The minimum absolute atomic E-state index is 0.0272. The molecular formula is C27H36N4O4. The molecule has 1 saturated heterocycles. The van der Waals surface area contributed by atoms with Crippen molar-refractivity contribution in [3.8, 4) is 17.6 Å². The van der Waals surface area contributed by atoms with Crippen LogP contribution in [0.25, 0.3) is 6.08 Å². The number of morpholine rings is 1. The molecule has 8 heteroatoms. The molecule has 0 aliphatic carbocycles. The molecule has 1 fully saturated rings. The number of benzene rings is 1. The van der Waals surface area contributed by atoms with Crippen LogP contribution < -0.4 is 19.7 Å². The largest absolute Gasteiger partial charge is 0.492 e. The van der Waals surface area contributed by atoms with E-state index in [0.717, 1.165) is 48.7 Å². The van der Waals surface area contributed by atoms with Crippen LogP contribution in [0.15, 0.2) is 23.8 Å². The van der Waals surface area contributed by atoms with E-state index in [4.69, 9.17) is 14.2 Å². The number of carbonyl (C=O) groups is 1. The van der Waals surface area contributed by atoms with Gasteiger partial charge in [0, 0.05) is 43.2 Å².